The van der Waals surface area contributed by atoms with Crippen molar-refractivity contribution < 1.29 is 18.0 Å². The molecule has 1 aliphatic rings. The molecule has 2 rings (SSSR count). The van der Waals surface area contributed by atoms with E-state index in [1.54, 1.807) is 0 Å². The lowest BCUT2D eigenvalue weighted by atomic mass is 9.75. The van der Waals surface area contributed by atoms with Gasteiger partial charge in [-0.2, -0.15) is 13.2 Å². The van der Waals surface area contributed by atoms with Gasteiger partial charge in [-0.05, 0) is 31.4 Å². The zero-order chi connectivity index (χ0) is 15.0. The molecule has 1 fully saturated rings. The molecule has 7 heteroatoms. The minimum atomic E-state index is -4.58. The van der Waals surface area contributed by atoms with Crippen LogP contribution >= 0.6 is 11.6 Å². The maximum atomic E-state index is 12.9. The predicted molar refractivity (Wildman–Crippen MR) is 70.5 cm³/mol. The number of nitrogens with one attached hydrogen (secondary N) is 1. The molecule has 1 saturated carbocycles. The van der Waals surface area contributed by atoms with Crippen LogP contribution in [0, 0.1) is 0 Å². The van der Waals surface area contributed by atoms with E-state index in [0.29, 0.717) is 12.8 Å². The highest BCUT2D eigenvalue weighted by Gasteiger charge is 2.37. The molecule has 0 spiro atoms. The summed E-state index contributed by atoms with van der Waals surface area (Å²) < 4.78 is 38.6. The Balaban J connectivity index is 2.18. The number of nitrogens with two attached hydrogens (primary N) is 1. The first-order chi connectivity index (χ1) is 9.21. The van der Waals surface area contributed by atoms with Crippen molar-refractivity contribution in [3.63, 3.8) is 0 Å². The van der Waals surface area contributed by atoms with Gasteiger partial charge in [-0.25, -0.2) is 0 Å². The van der Waals surface area contributed by atoms with Gasteiger partial charge in [0.25, 0.3) is 0 Å². The van der Waals surface area contributed by atoms with Gasteiger partial charge in [0.15, 0.2) is 0 Å². The summed E-state index contributed by atoms with van der Waals surface area (Å²) in [6, 6.07) is 3.37. The van der Waals surface area contributed by atoms with Gasteiger partial charge in [0.2, 0.25) is 5.91 Å². The van der Waals surface area contributed by atoms with Crippen molar-refractivity contribution in [2.45, 2.75) is 37.4 Å². The fraction of sp³-hybridized carbons (Fsp3) is 0.462. The number of carbonyl (C=O) groups is 1. The van der Waals surface area contributed by atoms with Crippen molar-refractivity contribution in [2.24, 2.45) is 5.73 Å². The van der Waals surface area contributed by atoms with E-state index in [2.05, 4.69) is 5.32 Å². The smallest absolute Gasteiger partial charge is 0.325 e. The summed E-state index contributed by atoms with van der Waals surface area (Å²) in [5.41, 5.74) is 3.94. The number of amides is 1. The second kappa shape index (κ2) is 5.26. The number of rotatable bonds is 3. The molecule has 20 heavy (non-hydrogen) atoms. The Hall–Kier alpha value is -1.27. The number of anilines is 1. The van der Waals surface area contributed by atoms with Gasteiger partial charge in [0.1, 0.15) is 0 Å². The lowest BCUT2D eigenvalue weighted by molar-refractivity contribution is -0.137. The molecule has 0 bridgehead atoms. The molecule has 0 aliphatic heterocycles. The van der Waals surface area contributed by atoms with Gasteiger partial charge in [-0.15, -0.1) is 0 Å². The molecule has 1 aromatic carbocycles. The summed E-state index contributed by atoms with van der Waals surface area (Å²) in [5.74, 6) is -0.550. The number of carbonyl (C=O) groups excluding carboxylic acids is 1. The van der Waals surface area contributed by atoms with E-state index in [1.165, 1.54) is 12.1 Å². The summed E-state index contributed by atoms with van der Waals surface area (Å²) in [6.45, 7) is 0. The topological polar surface area (TPSA) is 55.1 Å². The number of hydrogen-bond acceptors (Lipinski definition) is 2. The number of alkyl halides is 3. The zero-order valence-electron chi connectivity index (χ0n) is 10.6. The summed E-state index contributed by atoms with van der Waals surface area (Å²) in [7, 11) is 0. The van der Waals surface area contributed by atoms with Crippen LogP contribution in [0.3, 0.4) is 0 Å². The first-order valence-corrected chi connectivity index (χ1v) is 6.53. The van der Waals surface area contributed by atoms with Crippen LogP contribution in [0.25, 0.3) is 0 Å². The van der Waals surface area contributed by atoms with Gasteiger partial charge in [0, 0.05) is 12.0 Å². The highest BCUT2D eigenvalue weighted by atomic mass is 35.5. The molecule has 1 amide bonds. The SMILES string of the molecule is NC1(CC(=O)Nc2c(Cl)cccc2C(F)(F)F)CCC1. The van der Waals surface area contributed by atoms with Crippen LogP contribution in [0.4, 0.5) is 18.9 Å². The maximum Gasteiger partial charge on any atom is 0.418 e. The molecule has 0 radical (unpaired) electrons. The molecule has 1 aromatic rings. The van der Waals surface area contributed by atoms with Crippen LogP contribution < -0.4 is 11.1 Å². The normalized spacial score (nSPS) is 17.4. The Labute approximate surface area is 119 Å². The maximum absolute atomic E-state index is 12.9. The highest BCUT2D eigenvalue weighted by molar-refractivity contribution is 6.34. The lowest BCUT2D eigenvalue weighted by Crippen LogP contribution is -2.49. The van der Waals surface area contributed by atoms with Crippen molar-refractivity contribution in [3.05, 3.63) is 28.8 Å². The summed E-state index contributed by atoms with van der Waals surface area (Å²) in [5, 5.41) is 2.09. The van der Waals surface area contributed by atoms with E-state index in [1.807, 2.05) is 0 Å². The van der Waals surface area contributed by atoms with Crippen LogP contribution in [0.15, 0.2) is 18.2 Å². The molecular weight excluding hydrogens is 293 g/mol. The van der Waals surface area contributed by atoms with E-state index in [-0.39, 0.29) is 11.4 Å². The van der Waals surface area contributed by atoms with Crippen molar-refractivity contribution in [1.82, 2.24) is 0 Å². The predicted octanol–water partition coefficient (Wildman–Crippen LogP) is 3.57. The average molecular weight is 307 g/mol. The second-order valence-corrected chi connectivity index (χ2v) is 5.51. The molecule has 0 aromatic heterocycles. The Bertz CT molecular complexity index is 527. The van der Waals surface area contributed by atoms with Crippen molar-refractivity contribution in [2.75, 3.05) is 5.32 Å². The molecule has 110 valence electrons. The van der Waals surface area contributed by atoms with Crippen LogP contribution in [0.2, 0.25) is 5.02 Å². The third-order valence-electron chi connectivity index (χ3n) is 3.45. The number of para-hydroxylation sites is 1. The fourth-order valence-corrected chi connectivity index (χ4v) is 2.42. The van der Waals surface area contributed by atoms with Gasteiger partial charge < -0.3 is 11.1 Å². The lowest BCUT2D eigenvalue weighted by Gasteiger charge is -2.37. The third kappa shape index (κ3) is 3.24. The molecule has 0 atom stereocenters. The van der Waals surface area contributed by atoms with E-state index in [9.17, 15) is 18.0 Å². The highest BCUT2D eigenvalue weighted by Crippen LogP contribution is 2.39. The quantitative estimate of drug-likeness (QED) is 0.897. The monoisotopic (exact) mass is 306 g/mol. The largest absolute Gasteiger partial charge is 0.418 e. The van der Waals surface area contributed by atoms with E-state index in [0.717, 1.165) is 12.5 Å². The molecule has 0 heterocycles. The van der Waals surface area contributed by atoms with E-state index < -0.39 is 28.9 Å². The van der Waals surface area contributed by atoms with E-state index >= 15 is 0 Å². The van der Waals surface area contributed by atoms with E-state index in [4.69, 9.17) is 17.3 Å². The number of hydrogen-bond donors (Lipinski definition) is 2. The van der Waals surface area contributed by atoms with Crippen LogP contribution in [-0.4, -0.2) is 11.4 Å². The summed E-state index contributed by atoms with van der Waals surface area (Å²) in [6.07, 6.45) is -2.24. The zero-order valence-corrected chi connectivity index (χ0v) is 11.3. The molecule has 1 aliphatic carbocycles. The molecular formula is C13H14ClF3N2O. The minimum Gasteiger partial charge on any atom is -0.325 e. The van der Waals surface area contributed by atoms with Gasteiger partial charge in [-0.3, -0.25) is 4.79 Å². The second-order valence-electron chi connectivity index (χ2n) is 5.10. The molecule has 3 nitrogen and oxygen atoms in total. The van der Waals surface area contributed by atoms with Crippen LogP contribution in [-0.2, 0) is 11.0 Å². The number of halogens is 4. The molecule has 0 unspecified atom stereocenters. The van der Waals surface area contributed by atoms with Gasteiger partial charge >= 0.3 is 6.18 Å². The third-order valence-corrected chi connectivity index (χ3v) is 3.76. The Kier molecular flexibility index (Phi) is 3.97. The van der Waals surface area contributed by atoms with Crippen LogP contribution in [0.5, 0.6) is 0 Å². The van der Waals surface area contributed by atoms with Gasteiger partial charge in [-0.1, -0.05) is 17.7 Å². The first kappa shape index (κ1) is 15.1. The van der Waals surface area contributed by atoms with Crippen molar-refractivity contribution >= 4 is 23.2 Å². The Morgan fingerprint density at radius 2 is 2.05 bits per heavy atom. The van der Waals surface area contributed by atoms with Crippen molar-refractivity contribution in [3.8, 4) is 0 Å². The average Bonchev–Trinajstić information content (AvgIpc) is 2.28. The molecule has 3 N–H and O–H groups in total. The Morgan fingerprint density at radius 1 is 1.40 bits per heavy atom. The van der Waals surface area contributed by atoms with Gasteiger partial charge in [0.05, 0.1) is 16.3 Å². The summed E-state index contributed by atoms with van der Waals surface area (Å²) in [4.78, 5) is 11.8. The minimum absolute atomic E-state index is 0.00444. The fourth-order valence-electron chi connectivity index (χ4n) is 2.20. The first-order valence-electron chi connectivity index (χ1n) is 6.16. The molecule has 0 saturated heterocycles. The standard InChI is InChI=1S/C13H14ClF3N2O/c14-9-4-1-3-8(13(15,16)17)11(9)19-10(20)7-12(18)5-2-6-12/h1,3-4H,2,5-7,18H2,(H,19,20). The Morgan fingerprint density at radius 3 is 2.55 bits per heavy atom. The number of benzene rings is 1. The van der Waals surface area contributed by atoms with Crippen LogP contribution in [0.1, 0.15) is 31.2 Å². The summed E-state index contributed by atoms with van der Waals surface area (Å²) >= 11 is 5.75. The van der Waals surface area contributed by atoms with Crippen molar-refractivity contribution in [1.29, 1.82) is 0 Å².